The highest BCUT2D eigenvalue weighted by molar-refractivity contribution is 7.11. The maximum Gasteiger partial charge on any atom is 0.107 e. The van der Waals surface area contributed by atoms with E-state index in [2.05, 4.69) is 17.3 Å². The molecule has 94 valence electrons. The van der Waals surface area contributed by atoms with Gasteiger partial charge in [0.25, 0.3) is 0 Å². The monoisotopic (exact) mass is 251 g/mol. The number of thiazole rings is 1. The molecule has 0 saturated carbocycles. The zero-order chi connectivity index (χ0) is 11.9. The molecule has 0 aromatic carbocycles. The third-order valence-electron chi connectivity index (χ3n) is 4.28. The normalized spacial score (nSPS) is 23.2. The van der Waals surface area contributed by atoms with Gasteiger partial charge in [-0.25, -0.2) is 4.98 Å². The molecule has 0 atom stereocenters. The molecule has 1 aromatic heterocycles. The van der Waals surface area contributed by atoms with E-state index in [1.807, 2.05) is 18.4 Å². The van der Waals surface area contributed by atoms with Crippen molar-refractivity contribution in [2.45, 2.75) is 32.2 Å². The van der Waals surface area contributed by atoms with Crippen LogP contribution in [0.4, 0.5) is 0 Å². The van der Waals surface area contributed by atoms with Crippen molar-refractivity contribution in [3.8, 4) is 0 Å². The van der Waals surface area contributed by atoms with Crippen molar-refractivity contribution in [2.24, 2.45) is 5.41 Å². The summed E-state index contributed by atoms with van der Waals surface area (Å²) < 4.78 is 0. The smallest absolute Gasteiger partial charge is 0.107 e. The molecule has 1 spiro atoms. The van der Waals surface area contributed by atoms with E-state index in [1.54, 1.807) is 4.88 Å². The van der Waals surface area contributed by atoms with Gasteiger partial charge in [-0.2, -0.15) is 0 Å². The van der Waals surface area contributed by atoms with Gasteiger partial charge in [0.15, 0.2) is 0 Å². The Kier molecular flexibility index (Phi) is 2.97. The number of piperidine rings is 1. The standard InChI is InChI=1S/C13H21N3S/c1-14-9-12-15-10-7-13(8-11(10)17-12)3-5-16(2)6-4-13/h14H,3-9H2,1-2H3. The molecule has 0 unspecified atom stereocenters. The van der Waals surface area contributed by atoms with Crippen LogP contribution in [0, 0.1) is 5.41 Å². The third kappa shape index (κ3) is 2.14. The molecule has 3 nitrogen and oxygen atoms in total. The molecular weight excluding hydrogens is 230 g/mol. The molecule has 1 aliphatic carbocycles. The van der Waals surface area contributed by atoms with Gasteiger partial charge in [-0.3, -0.25) is 0 Å². The second-order valence-electron chi connectivity index (χ2n) is 5.66. The fraction of sp³-hybridized carbons (Fsp3) is 0.769. The van der Waals surface area contributed by atoms with Crippen molar-refractivity contribution < 1.29 is 0 Å². The Labute approximate surface area is 107 Å². The number of rotatable bonds is 2. The van der Waals surface area contributed by atoms with E-state index < -0.39 is 0 Å². The van der Waals surface area contributed by atoms with Gasteiger partial charge in [0, 0.05) is 11.4 Å². The molecule has 4 heteroatoms. The Morgan fingerprint density at radius 3 is 2.76 bits per heavy atom. The van der Waals surface area contributed by atoms with Crippen LogP contribution in [0.5, 0.6) is 0 Å². The Hall–Kier alpha value is -0.450. The first-order valence-electron chi connectivity index (χ1n) is 6.51. The van der Waals surface area contributed by atoms with Crippen LogP contribution in [-0.2, 0) is 19.4 Å². The van der Waals surface area contributed by atoms with Crippen molar-refractivity contribution in [3.05, 3.63) is 15.6 Å². The van der Waals surface area contributed by atoms with Crippen molar-refractivity contribution in [2.75, 3.05) is 27.2 Å². The largest absolute Gasteiger partial charge is 0.314 e. The summed E-state index contributed by atoms with van der Waals surface area (Å²) in [7, 11) is 4.23. The summed E-state index contributed by atoms with van der Waals surface area (Å²) in [6.07, 6.45) is 5.23. The van der Waals surface area contributed by atoms with E-state index >= 15 is 0 Å². The number of nitrogens with one attached hydrogen (secondary N) is 1. The lowest BCUT2D eigenvalue weighted by Crippen LogP contribution is -2.38. The van der Waals surface area contributed by atoms with Gasteiger partial charge in [0.1, 0.15) is 5.01 Å². The summed E-state index contributed by atoms with van der Waals surface area (Å²) in [5.74, 6) is 0. The van der Waals surface area contributed by atoms with Crippen LogP contribution in [0.25, 0.3) is 0 Å². The van der Waals surface area contributed by atoms with Crippen molar-refractivity contribution in [3.63, 3.8) is 0 Å². The van der Waals surface area contributed by atoms with Crippen LogP contribution in [0.3, 0.4) is 0 Å². The number of fused-ring (bicyclic) bond motifs is 1. The summed E-state index contributed by atoms with van der Waals surface area (Å²) in [4.78, 5) is 8.82. The van der Waals surface area contributed by atoms with Gasteiger partial charge in [-0.05, 0) is 58.3 Å². The summed E-state index contributed by atoms with van der Waals surface area (Å²) in [5.41, 5.74) is 1.98. The molecule has 2 heterocycles. The van der Waals surface area contributed by atoms with Gasteiger partial charge < -0.3 is 10.2 Å². The van der Waals surface area contributed by atoms with Crippen LogP contribution < -0.4 is 5.32 Å². The SMILES string of the molecule is CNCc1nc2c(s1)CC1(CCN(C)CC1)C2. The Bertz CT molecular complexity index is 379. The molecule has 1 aromatic rings. The molecule has 1 aliphatic heterocycles. The Balaban J connectivity index is 1.72. The van der Waals surface area contributed by atoms with E-state index in [1.165, 1.54) is 49.5 Å². The predicted octanol–water partition coefficient (Wildman–Crippen LogP) is 1.67. The second-order valence-corrected chi connectivity index (χ2v) is 6.83. The first kappa shape index (κ1) is 11.6. The minimum atomic E-state index is 0.568. The number of hydrogen-bond acceptors (Lipinski definition) is 4. The number of hydrogen-bond donors (Lipinski definition) is 1. The molecule has 0 amide bonds. The highest BCUT2D eigenvalue weighted by atomic mass is 32.1. The van der Waals surface area contributed by atoms with Crippen molar-refractivity contribution in [1.29, 1.82) is 0 Å². The average Bonchev–Trinajstić information content (AvgIpc) is 2.79. The van der Waals surface area contributed by atoms with Crippen LogP contribution in [0.15, 0.2) is 0 Å². The fourth-order valence-corrected chi connectivity index (χ4v) is 4.42. The topological polar surface area (TPSA) is 28.2 Å². The molecule has 17 heavy (non-hydrogen) atoms. The van der Waals surface area contributed by atoms with Gasteiger partial charge >= 0.3 is 0 Å². The highest BCUT2D eigenvalue weighted by Crippen LogP contribution is 2.45. The third-order valence-corrected chi connectivity index (χ3v) is 5.37. The van der Waals surface area contributed by atoms with E-state index in [9.17, 15) is 0 Å². The first-order chi connectivity index (χ1) is 8.21. The van der Waals surface area contributed by atoms with Crippen LogP contribution in [0.1, 0.15) is 28.4 Å². The van der Waals surface area contributed by atoms with Crippen LogP contribution in [-0.4, -0.2) is 37.1 Å². The maximum atomic E-state index is 4.79. The van der Waals surface area contributed by atoms with E-state index in [-0.39, 0.29) is 0 Å². The van der Waals surface area contributed by atoms with Crippen LogP contribution >= 0.6 is 11.3 Å². The lowest BCUT2D eigenvalue weighted by molar-refractivity contribution is 0.131. The van der Waals surface area contributed by atoms with Crippen LogP contribution in [0.2, 0.25) is 0 Å². The zero-order valence-corrected chi connectivity index (χ0v) is 11.6. The first-order valence-corrected chi connectivity index (χ1v) is 7.33. The summed E-state index contributed by atoms with van der Waals surface area (Å²) in [6, 6.07) is 0. The van der Waals surface area contributed by atoms with Crippen molar-refractivity contribution in [1.82, 2.24) is 15.2 Å². The Morgan fingerprint density at radius 2 is 2.12 bits per heavy atom. The minimum absolute atomic E-state index is 0.568. The molecule has 1 N–H and O–H groups in total. The number of aromatic nitrogens is 1. The lowest BCUT2D eigenvalue weighted by Gasteiger charge is -2.37. The number of nitrogens with zero attached hydrogens (tertiary/aromatic N) is 2. The van der Waals surface area contributed by atoms with E-state index in [4.69, 9.17) is 4.98 Å². The lowest BCUT2D eigenvalue weighted by atomic mass is 9.76. The molecular formula is C13H21N3S. The molecule has 0 radical (unpaired) electrons. The summed E-state index contributed by atoms with van der Waals surface area (Å²) in [6.45, 7) is 3.45. The maximum absolute atomic E-state index is 4.79. The zero-order valence-electron chi connectivity index (χ0n) is 10.8. The molecule has 0 bridgehead atoms. The van der Waals surface area contributed by atoms with Crippen molar-refractivity contribution >= 4 is 11.3 Å². The molecule has 1 saturated heterocycles. The van der Waals surface area contributed by atoms with Gasteiger partial charge in [0.05, 0.1) is 5.69 Å². The van der Waals surface area contributed by atoms with Gasteiger partial charge in [0.2, 0.25) is 0 Å². The Morgan fingerprint density at radius 1 is 1.35 bits per heavy atom. The van der Waals surface area contributed by atoms with Gasteiger partial charge in [-0.1, -0.05) is 0 Å². The molecule has 2 aliphatic rings. The number of likely N-dealkylation sites (tertiary alicyclic amines) is 1. The quantitative estimate of drug-likeness (QED) is 0.867. The molecule has 1 fully saturated rings. The van der Waals surface area contributed by atoms with E-state index in [0.29, 0.717) is 5.41 Å². The summed E-state index contributed by atoms with van der Waals surface area (Å²) in [5, 5.41) is 4.45. The van der Waals surface area contributed by atoms with Gasteiger partial charge in [-0.15, -0.1) is 11.3 Å². The predicted molar refractivity (Wildman–Crippen MR) is 71.4 cm³/mol. The average molecular weight is 251 g/mol. The second kappa shape index (κ2) is 4.34. The highest BCUT2D eigenvalue weighted by Gasteiger charge is 2.41. The van der Waals surface area contributed by atoms with E-state index in [0.717, 1.165) is 6.54 Å². The summed E-state index contributed by atoms with van der Waals surface area (Å²) >= 11 is 1.93. The molecule has 3 rings (SSSR count). The minimum Gasteiger partial charge on any atom is -0.314 e. The fourth-order valence-electron chi connectivity index (χ4n) is 3.14.